The van der Waals surface area contributed by atoms with E-state index in [1.807, 2.05) is 12.1 Å². The Labute approximate surface area is 128 Å². The lowest BCUT2D eigenvalue weighted by Crippen LogP contribution is -2.48. The molecule has 1 saturated heterocycles. The van der Waals surface area contributed by atoms with Crippen LogP contribution in [0.3, 0.4) is 0 Å². The molecule has 0 amide bonds. The fourth-order valence-electron chi connectivity index (χ4n) is 3.03. The summed E-state index contributed by atoms with van der Waals surface area (Å²) >= 11 is 7.67. The zero-order chi connectivity index (χ0) is 14.1. The van der Waals surface area contributed by atoms with Crippen molar-refractivity contribution < 1.29 is 0 Å². The number of halogens is 1. The van der Waals surface area contributed by atoms with Gasteiger partial charge in [-0.3, -0.25) is 0 Å². The van der Waals surface area contributed by atoms with Gasteiger partial charge in [-0.15, -0.1) is 0 Å². The first-order chi connectivity index (χ1) is 9.70. The van der Waals surface area contributed by atoms with Crippen LogP contribution in [0.1, 0.15) is 20.3 Å². The molecule has 0 aliphatic carbocycles. The highest BCUT2D eigenvalue weighted by Crippen LogP contribution is 2.35. The highest BCUT2D eigenvalue weighted by molar-refractivity contribution is 7.00. The summed E-state index contributed by atoms with van der Waals surface area (Å²) in [5, 5.41) is 4.34. The van der Waals surface area contributed by atoms with Crippen LogP contribution in [0.4, 0.5) is 5.69 Å². The molecule has 1 aromatic heterocycles. The molecule has 2 unspecified atom stereocenters. The summed E-state index contributed by atoms with van der Waals surface area (Å²) in [6.45, 7) is 7.51. The lowest BCUT2D eigenvalue weighted by atomic mass is 9.93. The van der Waals surface area contributed by atoms with E-state index in [0.29, 0.717) is 12.0 Å². The highest BCUT2D eigenvalue weighted by Gasteiger charge is 2.28. The van der Waals surface area contributed by atoms with Crippen molar-refractivity contribution in [1.82, 2.24) is 14.1 Å². The van der Waals surface area contributed by atoms with Crippen molar-refractivity contribution in [1.29, 1.82) is 0 Å². The number of fused-ring (bicyclic) bond motifs is 1. The number of hydrogen-bond donors (Lipinski definition) is 1. The maximum atomic E-state index is 6.42. The fourth-order valence-corrected chi connectivity index (χ4v) is 3.84. The SMILES string of the molecule is CCNC1CCN(c2c(Cl)ccc3nsnc23)CC1C. The Balaban J connectivity index is 1.89. The predicted molar refractivity (Wildman–Crippen MR) is 85.9 cm³/mol. The van der Waals surface area contributed by atoms with Crippen LogP contribution in [-0.4, -0.2) is 34.4 Å². The summed E-state index contributed by atoms with van der Waals surface area (Å²) in [5.74, 6) is 0.599. The van der Waals surface area contributed by atoms with E-state index in [4.69, 9.17) is 11.6 Å². The number of hydrogen-bond acceptors (Lipinski definition) is 5. The Hall–Kier alpha value is -0.910. The third-order valence-corrected chi connectivity index (χ3v) is 4.89. The molecule has 2 heterocycles. The first-order valence-electron chi connectivity index (χ1n) is 7.09. The smallest absolute Gasteiger partial charge is 0.129 e. The van der Waals surface area contributed by atoms with Crippen LogP contribution in [0, 0.1) is 5.92 Å². The van der Waals surface area contributed by atoms with Crippen LogP contribution in [0.25, 0.3) is 11.0 Å². The quantitative estimate of drug-likeness (QED) is 0.945. The average molecular weight is 311 g/mol. The van der Waals surface area contributed by atoms with E-state index in [1.54, 1.807) is 0 Å². The van der Waals surface area contributed by atoms with Crippen LogP contribution in [0.2, 0.25) is 5.02 Å². The third kappa shape index (κ3) is 2.50. The molecule has 0 saturated carbocycles. The second kappa shape index (κ2) is 5.84. The maximum absolute atomic E-state index is 6.42. The van der Waals surface area contributed by atoms with Crippen molar-refractivity contribution in [3.8, 4) is 0 Å². The fraction of sp³-hybridized carbons (Fsp3) is 0.571. The van der Waals surface area contributed by atoms with E-state index in [0.717, 1.165) is 47.8 Å². The summed E-state index contributed by atoms with van der Waals surface area (Å²) in [6.07, 6.45) is 1.14. The van der Waals surface area contributed by atoms with Gasteiger partial charge in [0.25, 0.3) is 0 Å². The number of nitrogens with one attached hydrogen (secondary N) is 1. The predicted octanol–water partition coefficient (Wildman–Crippen LogP) is 3.17. The van der Waals surface area contributed by atoms with Gasteiger partial charge in [-0.2, -0.15) is 8.75 Å². The van der Waals surface area contributed by atoms with E-state index in [1.165, 1.54) is 11.7 Å². The number of benzene rings is 1. The van der Waals surface area contributed by atoms with Crippen LogP contribution in [0.5, 0.6) is 0 Å². The monoisotopic (exact) mass is 310 g/mol. The molecule has 1 aliphatic heterocycles. The van der Waals surface area contributed by atoms with Gasteiger partial charge in [0.2, 0.25) is 0 Å². The largest absolute Gasteiger partial charge is 0.368 e. The van der Waals surface area contributed by atoms with Gasteiger partial charge < -0.3 is 10.2 Å². The Morgan fingerprint density at radius 3 is 3.05 bits per heavy atom. The van der Waals surface area contributed by atoms with Crippen molar-refractivity contribution in [3.63, 3.8) is 0 Å². The molecule has 3 rings (SSSR count). The molecule has 0 bridgehead atoms. The normalized spacial score (nSPS) is 23.4. The summed E-state index contributed by atoms with van der Waals surface area (Å²) in [6, 6.07) is 4.48. The number of piperidine rings is 1. The standard InChI is InChI=1S/C14H19ClN4S/c1-3-16-11-6-7-19(8-9(11)2)14-10(15)4-5-12-13(14)18-20-17-12/h4-5,9,11,16H,3,6-8H2,1-2H3. The Kier molecular flexibility index (Phi) is 4.10. The number of aromatic nitrogens is 2. The average Bonchev–Trinajstić information content (AvgIpc) is 2.89. The van der Waals surface area contributed by atoms with E-state index in [2.05, 4.69) is 32.8 Å². The van der Waals surface area contributed by atoms with Crippen LogP contribution in [0.15, 0.2) is 12.1 Å². The molecular formula is C14H19ClN4S. The molecule has 6 heteroatoms. The van der Waals surface area contributed by atoms with E-state index >= 15 is 0 Å². The van der Waals surface area contributed by atoms with Gasteiger partial charge in [-0.1, -0.05) is 25.4 Å². The molecule has 0 spiro atoms. The van der Waals surface area contributed by atoms with Gasteiger partial charge in [-0.05, 0) is 31.0 Å². The molecule has 1 aliphatic rings. The van der Waals surface area contributed by atoms with E-state index in [9.17, 15) is 0 Å². The van der Waals surface area contributed by atoms with Crippen LogP contribution >= 0.6 is 23.3 Å². The lowest BCUT2D eigenvalue weighted by molar-refractivity contribution is 0.327. The highest BCUT2D eigenvalue weighted by atomic mass is 35.5. The minimum atomic E-state index is 0.599. The van der Waals surface area contributed by atoms with Gasteiger partial charge in [0.05, 0.1) is 22.4 Å². The number of anilines is 1. The van der Waals surface area contributed by atoms with Crippen molar-refractivity contribution >= 4 is 40.0 Å². The van der Waals surface area contributed by atoms with Gasteiger partial charge in [-0.25, -0.2) is 0 Å². The molecule has 2 aromatic rings. The Morgan fingerprint density at radius 1 is 1.45 bits per heavy atom. The minimum absolute atomic E-state index is 0.599. The second-order valence-corrected chi connectivity index (χ2v) is 6.34. The number of nitrogens with zero attached hydrogens (tertiary/aromatic N) is 3. The summed E-state index contributed by atoms with van der Waals surface area (Å²) < 4.78 is 8.74. The van der Waals surface area contributed by atoms with Gasteiger partial charge in [0.1, 0.15) is 11.0 Å². The zero-order valence-corrected chi connectivity index (χ0v) is 13.3. The molecule has 0 radical (unpaired) electrons. The van der Waals surface area contributed by atoms with Crippen LogP contribution in [-0.2, 0) is 0 Å². The number of rotatable bonds is 3. The first kappa shape index (κ1) is 14.0. The molecule has 1 fully saturated rings. The summed E-state index contributed by atoms with van der Waals surface area (Å²) in [5.41, 5.74) is 2.94. The van der Waals surface area contributed by atoms with E-state index in [-0.39, 0.29) is 0 Å². The van der Waals surface area contributed by atoms with E-state index < -0.39 is 0 Å². The molecule has 1 aromatic carbocycles. The van der Waals surface area contributed by atoms with Gasteiger partial charge in [0.15, 0.2) is 0 Å². The lowest BCUT2D eigenvalue weighted by Gasteiger charge is -2.39. The first-order valence-corrected chi connectivity index (χ1v) is 8.20. The molecular weight excluding hydrogens is 292 g/mol. The Morgan fingerprint density at radius 2 is 2.30 bits per heavy atom. The zero-order valence-electron chi connectivity index (χ0n) is 11.8. The van der Waals surface area contributed by atoms with Crippen molar-refractivity contribution in [2.45, 2.75) is 26.3 Å². The maximum Gasteiger partial charge on any atom is 0.129 e. The van der Waals surface area contributed by atoms with Gasteiger partial charge in [0, 0.05) is 19.1 Å². The molecule has 20 heavy (non-hydrogen) atoms. The molecule has 4 nitrogen and oxygen atoms in total. The van der Waals surface area contributed by atoms with Crippen molar-refractivity contribution in [3.05, 3.63) is 17.2 Å². The van der Waals surface area contributed by atoms with Crippen LogP contribution < -0.4 is 10.2 Å². The molecule has 2 atom stereocenters. The van der Waals surface area contributed by atoms with Gasteiger partial charge >= 0.3 is 0 Å². The molecule has 1 N–H and O–H groups in total. The Bertz CT molecular complexity index is 600. The summed E-state index contributed by atoms with van der Waals surface area (Å²) in [7, 11) is 0. The molecule has 108 valence electrons. The van der Waals surface area contributed by atoms with Crippen molar-refractivity contribution in [2.75, 3.05) is 24.5 Å². The van der Waals surface area contributed by atoms with Crippen molar-refractivity contribution in [2.24, 2.45) is 5.92 Å². The third-order valence-electron chi connectivity index (χ3n) is 4.04. The second-order valence-electron chi connectivity index (χ2n) is 5.40. The minimum Gasteiger partial charge on any atom is -0.368 e. The summed E-state index contributed by atoms with van der Waals surface area (Å²) in [4.78, 5) is 2.37. The topological polar surface area (TPSA) is 41.0 Å².